The van der Waals surface area contributed by atoms with E-state index in [4.69, 9.17) is 11.6 Å². The van der Waals surface area contributed by atoms with E-state index in [0.29, 0.717) is 16.5 Å². The van der Waals surface area contributed by atoms with Gasteiger partial charge in [0.05, 0.1) is 12.6 Å². The maximum Gasteiger partial charge on any atom is 0.251 e. The summed E-state index contributed by atoms with van der Waals surface area (Å²) in [7, 11) is 0. The lowest BCUT2D eigenvalue weighted by Crippen LogP contribution is -2.23. The SMILES string of the molecule is O=C(CC1C(=O)Nc2c(-c3ccc(Cl)cc3)cnn21)Nc1ccc(Br)cc1. The Bertz CT molecular complexity index is 1020. The maximum absolute atomic E-state index is 12.4. The largest absolute Gasteiger partial charge is 0.326 e. The van der Waals surface area contributed by atoms with Gasteiger partial charge in [-0.15, -0.1) is 0 Å². The van der Waals surface area contributed by atoms with Crippen molar-refractivity contribution in [1.29, 1.82) is 0 Å². The minimum absolute atomic E-state index is 0.00334. The van der Waals surface area contributed by atoms with Gasteiger partial charge in [-0.2, -0.15) is 5.10 Å². The van der Waals surface area contributed by atoms with Gasteiger partial charge in [-0.05, 0) is 42.0 Å². The Balaban J connectivity index is 1.52. The Labute approximate surface area is 168 Å². The Hall–Kier alpha value is -2.64. The molecule has 0 fully saturated rings. The van der Waals surface area contributed by atoms with Crippen LogP contribution in [0.5, 0.6) is 0 Å². The molecule has 6 nitrogen and oxygen atoms in total. The summed E-state index contributed by atoms with van der Waals surface area (Å²) in [5, 5.41) is 10.6. The number of nitrogens with zero attached hydrogens (tertiary/aromatic N) is 2. The van der Waals surface area contributed by atoms with Crippen LogP contribution in [-0.4, -0.2) is 21.6 Å². The van der Waals surface area contributed by atoms with Gasteiger partial charge in [-0.1, -0.05) is 39.7 Å². The van der Waals surface area contributed by atoms with Crippen LogP contribution in [0.15, 0.2) is 59.2 Å². The average molecular weight is 446 g/mol. The Morgan fingerprint density at radius 3 is 2.59 bits per heavy atom. The molecular weight excluding hydrogens is 432 g/mol. The van der Waals surface area contributed by atoms with E-state index in [1.165, 1.54) is 0 Å². The molecule has 0 radical (unpaired) electrons. The molecule has 0 saturated heterocycles. The van der Waals surface area contributed by atoms with E-state index in [-0.39, 0.29) is 18.2 Å². The van der Waals surface area contributed by atoms with Gasteiger partial charge in [0.1, 0.15) is 11.9 Å². The summed E-state index contributed by atoms with van der Waals surface area (Å²) in [6.07, 6.45) is 1.67. The number of aromatic nitrogens is 2. The number of fused-ring (bicyclic) bond motifs is 1. The summed E-state index contributed by atoms with van der Waals surface area (Å²) in [6.45, 7) is 0. The first kappa shape index (κ1) is 17.8. The normalized spacial score (nSPS) is 15.3. The van der Waals surface area contributed by atoms with Gasteiger partial charge in [0.2, 0.25) is 5.91 Å². The van der Waals surface area contributed by atoms with Crippen molar-refractivity contribution in [1.82, 2.24) is 9.78 Å². The molecule has 1 aliphatic heterocycles. The van der Waals surface area contributed by atoms with Gasteiger partial charge in [0.25, 0.3) is 5.91 Å². The van der Waals surface area contributed by atoms with E-state index < -0.39 is 6.04 Å². The molecule has 0 saturated carbocycles. The van der Waals surface area contributed by atoms with Crippen LogP contribution >= 0.6 is 27.5 Å². The van der Waals surface area contributed by atoms with E-state index in [1.54, 1.807) is 35.1 Å². The fourth-order valence-electron chi connectivity index (χ4n) is 2.97. The monoisotopic (exact) mass is 444 g/mol. The van der Waals surface area contributed by atoms with Crippen LogP contribution < -0.4 is 10.6 Å². The summed E-state index contributed by atoms with van der Waals surface area (Å²) < 4.78 is 2.49. The van der Waals surface area contributed by atoms with Crippen molar-refractivity contribution in [2.24, 2.45) is 0 Å². The van der Waals surface area contributed by atoms with Gasteiger partial charge in [0.15, 0.2) is 0 Å². The molecule has 2 heterocycles. The predicted octanol–water partition coefficient (Wildman–Crippen LogP) is 4.49. The van der Waals surface area contributed by atoms with Crippen LogP contribution in [0.4, 0.5) is 11.5 Å². The Kier molecular flexibility index (Phi) is 4.72. The highest BCUT2D eigenvalue weighted by atomic mass is 79.9. The molecule has 1 unspecified atom stereocenters. The number of anilines is 2. The Morgan fingerprint density at radius 1 is 1.19 bits per heavy atom. The highest BCUT2D eigenvalue weighted by molar-refractivity contribution is 9.10. The Morgan fingerprint density at radius 2 is 1.89 bits per heavy atom. The molecule has 2 aromatic carbocycles. The molecule has 4 rings (SSSR count). The summed E-state index contributed by atoms with van der Waals surface area (Å²) in [4.78, 5) is 24.7. The quantitative estimate of drug-likeness (QED) is 0.621. The van der Waals surface area contributed by atoms with Crippen molar-refractivity contribution in [2.75, 3.05) is 10.6 Å². The minimum Gasteiger partial charge on any atom is -0.326 e. The van der Waals surface area contributed by atoms with E-state index in [9.17, 15) is 9.59 Å². The lowest BCUT2D eigenvalue weighted by molar-refractivity contribution is -0.123. The lowest BCUT2D eigenvalue weighted by Gasteiger charge is -2.10. The first-order valence-electron chi connectivity index (χ1n) is 8.21. The van der Waals surface area contributed by atoms with Crippen LogP contribution in [0.1, 0.15) is 12.5 Å². The number of amides is 2. The number of carbonyl (C=O) groups excluding carboxylic acids is 2. The molecule has 1 aromatic heterocycles. The summed E-state index contributed by atoms with van der Waals surface area (Å²) in [5.74, 6) is 0.0805. The van der Waals surface area contributed by atoms with Crippen molar-refractivity contribution in [3.8, 4) is 11.1 Å². The van der Waals surface area contributed by atoms with Crippen molar-refractivity contribution < 1.29 is 9.59 Å². The smallest absolute Gasteiger partial charge is 0.251 e. The van der Waals surface area contributed by atoms with E-state index >= 15 is 0 Å². The highest BCUT2D eigenvalue weighted by Crippen LogP contribution is 2.36. The molecule has 0 spiro atoms. The van der Waals surface area contributed by atoms with Gasteiger partial charge in [-0.25, -0.2) is 4.68 Å². The number of benzene rings is 2. The van der Waals surface area contributed by atoms with Crippen LogP contribution in [0.25, 0.3) is 11.1 Å². The van der Waals surface area contributed by atoms with Gasteiger partial charge < -0.3 is 10.6 Å². The van der Waals surface area contributed by atoms with Crippen LogP contribution in [0.3, 0.4) is 0 Å². The first-order chi connectivity index (χ1) is 13.0. The fourth-order valence-corrected chi connectivity index (χ4v) is 3.37. The third-order valence-electron chi connectivity index (χ3n) is 4.30. The van der Waals surface area contributed by atoms with E-state index in [2.05, 4.69) is 31.7 Å². The van der Waals surface area contributed by atoms with Gasteiger partial charge >= 0.3 is 0 Å². The fraction of sp³-hybridized carbons (Fsp3) is 0.105. The predicted molar refractivity (Wildman–Crippen MR) is 108 cm³/mol. The molecule has 136 valence electrons. The number of carbonyl (C=O) groups is 2. The van der Waals surface area contributed by atoms with Crippen LogP contribution in [0.2, 0.25) is 5.02 Å². The van der Waals surface area contributed by atoms with Crippen LogP contribution in [0, 0.1) is 0 Å². The minimum atomic E-state index is -0.684. The molecule has 1 aliphatic rings. The van der Waals surface area contributed by atoms with Crippen LogP contribution in [-0.2, 0) is 9.59 Å². The van der Waals surface area contributed by atoms with E-state index in [0.717, 1.165) is 15.6 Å². The van der Waals surface area contributed by atoms with Gasteiger partial charge in [0, 0.05) is 20.7 Å². The second kappa shape index (κ2) is 7.17. The highest BCUT2D eigenvalue weighted by Gasteiger charge is 2.35. The van der Waals surface area contributed by atoms with E-state index in [1.807, 2.05) is 24.3 Å². The molecule has 0 bridgehead atoms. The second-order valence-corrected chi connectivity index (χ2v) is 7.47. The first-order valence-corrected chi connectivity index (χ1v) is 9.38. The summed E-state index contributed by atoms with van der Waals surface area (Å²) in [5.41, 5.74) is 2.35. The molecule has 1 atom stereocenters. The zero-order chi connectivity index (χ0) is 19.0. The second-order valence-electron chi connectivity index (χ2n) is 6.12. The number of halogens is 2. The molecule has 0 aliphatic carbocycles. The maximum atomic E-state index is 12.4. The number of rotatable bonds is 4. The third kappa shape index (κ3) is 3.61. The molecule has 8 heteroatoms. The third-order valence-corrected chi connectivity index (χ3v) is 5.08. The van der Waals surface area contributed by atoms with Crippen molar-refractivity contribution in [3.05, 3.63) is 64.2 Å². The molecule has 3 aromatic rings. The molecule has 2 N–H and O–H groups in total. The zero-order valence-corrected chi connectivity index (χ0v) is 16.3. The lowest BCUT2D eigenvalue weighted by atomic mass is 10.1. The topological polar surface area (TPSA) is 76.0 Å². The summed E-state index contributed by atoms with van der Waals surface area (Å²) in [6, 6.07) is 13.8. The van der Waals surface area contributed by atoms with Gasteiger partial charge in [-0.3, -0.25) is 9.59 Å². The standard InChI is InChI=1S/C19H14BrClN4O2/c20-12-3-7-14(8-4-12)23-17(26)9-16-19(27)24-18-15(10-22-25(16)18)11-1-5-13(21)6-2-11/h1-8,10,16H,9H2,(H,23,26)(H,24,27). The number of hydrogen-bond donors (Lipinski definition) is 2. The zero-order valence-electron chi connectivity index (χ0n) is 13.9. The molecular formula is C19H14BrClN4O2. The summed E-state index contributed by atoms with van der Waals surface area (Å²) >= 11 is 9.28. The number of hydrogen-bond acceptors (Lipinski definition) is 3. The van der Waals surface area contributed by atoms with Crippen molar-refractivity contribution in [3.63, 3.8) is 0 Å². The van der Waals surface area contributed by atoms with Crippen molar-refractivity contribution >= 4 is 50.9 Å². The number of nitrogens with one attached hydrogen (secondary N) is 2. The molecule has 27 heavy (non-hydrogen) atoms. The van der Waals surface area contributed by atoms with Crippen molar-refractivity contribution in [2.45, 2.75) is 12.5 Å². The average Bonchev–Trinajstić information content (AvgIpc) is 3.18. The molecule has 2 amide bonds.